The third-order valence-electron chi connectivity index (χ3n) is 14.8. The van der Waals surface area contributed by atoms with Gasteiger partial charge in [0.2, 0.25) is 47.3 Å². The summed E-state index contributed by atoms with van der Waals surface area (Å²) in [5.41, 5.74) is 12.3. The number of aromatic hydroxyl groups is 1. The molecule has 8 amide bonds. The molecule has 85 heavy (non-hydrogen) atoms. The molecule has 1 fully saturated rings. The second-order valence-electron chi connectivity index (χ2n) is 21.7. The van der Waals surface area contributed by atoms with Gasteiger partial charge in [-0.25, -0.2) is 9.97 Å². The SMILES string of the molecule is CC[C@H](C)[C@H](NC(C)=O)C(=O)N[C@@H](CCCCN)C(=O)N1CCN(c2ccc3ncn(C(CO)C(=O)N[C@@H](CCCNC(=N)N)C(=O)N[C@@H](Cc4c[nH]cn4)C(=O)N[C@@H](Cc4ccc(O)cc4)C(=O)N[C@@H](CC(C)C)C(=O)NC)c(=O)c3c2)CC1. The summed E-state index contributed by atoms with van der Waals surface area (Å²) in [5, 5.41) is 50.1. The molecule has 464 valence electrons. The maximum absolute atomic E-state index is 14.5. The first kappa shape index (κ1) is 67.1. The Balaban J connectivity index is 1.37. The van der Waals surface area contributed by atoms with Crippen LogP contribution in [-0.4, -0.2) is 177 Å². The lowest BCUT2D eigenvalue weighted by Gasteiger charge is -2.38. The molecule has 1 aliphatic rings. The number of piperazine rings is 1. The van der Waals surface area contributed by atoms with Gasteiger partial charge in [0.05, 0.1) is 35.9 Å². The maximum Gasteiger partial charge on any atom is 0.262 e. The third kappa shape index (κ3) is 20.0. The van der Waals surface area contributed by atoms with E-state index in [9.17, 15) is 53.4 Å². The number of nitrogens with one attached hydrogen (secondary N) is 10. The number of aliphatic hydroxyl groups is 1. The van der Waals surface area contributed by atoms with Crippen LogP contribution < -0.4 is 64.5 Å². The molecule has 8 atom stereocenters. The number of carbonyl (C=O) groups is 8. The number of aromatic amines is 1. The number of amides is 8. The number of benzene rings is 2. The van der Waals surface area contributed by atoms with Gasteiger partial charge in [-0.2, -0.15) is 0 Å². The van der Waals surface area contributed by atoms with Gasteiger partial charge in [0.15, 0.2) is 5.96 Å². The molecular formula is C57H85N17O11. The highest BCUT2D eigenvalue weighted by molar-refractivity contribution is 5.96. The summed E-state index contributed by atoms with van der Waals surface area (Å²) < 4.78 is 0.949. The Morgan fingerprint density at radius 1 is 0.753 bits per heavy atom. The Kier molecular flexibility index (Phi) is 26.1. The zero-order valence-electron chi connectivity index (χ0n) is 49.2. The molecule has 2 aromatic heterocycles. The number of aromatic nitrogens is 4. The van der Waals surface area contributed by atoms with E-state index in [1.807, 2.05) is 32.6 Å². The zero-order valence-corrected chi connectivity index (χ0v) is 49.2. The molecular weight excluding hydrogens is 1100 g/mol. The number of imidazole rings is 1. The molecule has 2 aromatic carbocycles. The number of anilines is 1. The van der Waals surface area contributed by atoms with Gasteiger partial charge in [-0.3, -0.25) is 53.1 Å². The summed E-state index contributed by atoms with van der Waals surface area (Å²) in [6, 6.07) is 2.51. The molecule has 1 unspecified atom stereocenters. The number of hydrogen-bond acceptors (Lipinski definition) is 16. The van der Waals surface area contributed by atoms with E-state index in [2.05, 4.69) is 57.5 Å². The number of nitrogens with zero attached hydrogens (tertiary/aromatic N) is 5. The van der Waals surface area contributed by atoms with Crippen LogP contribution in [0.1, 0.15) is 96.9 Å². The van der Waals surface area contributed by atoms with Gasteiger partial charge in [0, 0.05) is 71.4 Å². The number of unbranched alkanes of at least 4 members (excludes halogenated alkanes) is 1. The zero-order chi connectivity index (χ0) is 62.3. The molecule has 0 bridgehead atoms. The molecule has 5 rings (SSSR count). The van der Waals surface area contributed by atoms with Crippen molar-refractivity contribution in [2.24, 2.45) is 23.3 Å². The van der Waals surface area contributed by atoms with Crippen molar-refractivity contribution in [3.8, 4) is 5.75 Å². The minimum Gasteiger partial charge on any atom is -0.508 e. The molecule has 0 aliphatic carbocycles. The van der Waals surface area contributed by atoms with E-state index in [0.717, 1.165) is 10.9 Å². The summed E-state index contributed by atoms with van der Waals surface area (Å²) >= 11 is 0. The van der Waals surface area contributed by atoms with E-state index < -0.39 is 89.9 Å². The first-order valence-electron chi connectivity index (χ1n) is 28.8. The molecule has 3 heterocycles. The average Bonchev–Trinajstić information content (AvgIpc) is 2.79. The minimum absolute atomic E-state index is 0.00534. The highest BCUT2D eigenvalue weighted by Crippen LogP contribution is 2.23. The molecule has 0 saturated carbocycles. The second kappa shape index (κ2) is 33.0. The summed E-state index contributed by atoms with van der Waals surface area (Å²) in [6.07, 6.45) is 6.18. The Labute approximate surface area is 493 Å². The van der Waals surface area contributed by atoms with Gasteiger partial charge in [-0.15, -0.1) is 0 Å². The fourth-order valence-corrected chi connectivity index (χ4v) is 9.84. The third-order valence-corrected chi connectivity index (χ3v) is 14.8. The fourth-order valence-electron chi connectivity index (χ4n) is 9.84. The summed E-state index contributed by atoms with van der Waals surface area (Å²) in [5.74, 6) is -5.49. The largest absolute Gasteiger partial charge is 0.508 e. The quantitative estimate of drug-likeness (QED) is 0.0153. The van der Waals surface area contributed by atoms with Crippen LogP contribution in [0.4, 0.5) is 5.69 Å². The minimum atomic E-state index is -1.62. The van der Waals surface area contributed by atoms with Crippen molar-refractivity contribution in [3.63, 3.8) is 0 Å². The number of carbonyl (C=O) groups excluding carboxylic acids is 8. The van der Waals surface area contributed by atoms with Crippen LogP contribution in [0, 0.1) is 17.2 Å². The van der Waals surface area contributed by atoms with E-state index in [0.29, 0.717) is 62.3 Å². The Hall–Kier alpha value is -8.66. The van der Waals surface area contributed by atoms with Crippen LogP contribution in [0.15, 0.2) is 66.1 Å². The van der Waals surface area contributed by atoms with E-state index >= 15 is 0 Å². The topological polar surface area (TPSA) is 419 Å². The number of aliphatic hydroxyl groups excluding tert-OH is 1. The lowest BCUT2D eigenvalue weighted by molar-refractivity contribution is -0.138. The number of guanidine groups is 1. The summed E-state index contributed by atoms with van der Waals surface area (Å²) in [7, 11) is 1.43. The fraction of sp³-hybridized carbons (Fsp3) is 0.544. The van der Waals surface area contributed by atoms with E-state index in [4.69, 9.17) is 16.9 Å². The van der Waals surface area contributed by atoms with Crippen molar-refractivity contribution in [3.05, 3.63) is 82.9 Å². The normalized spacial score (nSPS) is 15.2. The van der Waals surface area contributed by atoms with Crippen LogP contribution in [0.3, 0.4) is 0 Å². The molecule has 4 aromatic rings. The van der Waals surface area contributed by atoms with Crippen molar-refractivity contribution in [1.29, 1.82) is 5.41 Å². The lowest BCUT2D eigenvalue weighted by Crippen LogP contribution is -2.59. The number of nitrogens with two attached hydrogens (primary N) is 2. The number of likely N-dealkylation sites (N-methyl/N-ethyl adjacent to an activating group) is 1. The van der Waals surface area contributed by atoms with Gasteiger partial charge in [0.1, 0.15) is 48.0 Å². The number of hydrogen-bond donors (Lipinski definition) is 14. The van der Waals surface area contributed by atoms with Crippen LogP contribution in [0.5, 0.6) is 5.75 Å². The Bertz CT molecular complexity index is 2970. The first-order chi connectivity index (χ1) is 40.6. The van der Waals surface area contributed by atoms with Crippen LogP contribution >= 0.6 is 0 Å². The van der Waals surface area contributed by atoms with Gasteiger partial charge < -0.3 is 79.0 Å². The lowest BCUT2D eigenvalue weighted by atomic mass is 9.97. The van der Waals surface area contributed by atoms with Crippen molar-refractivity contribution in [2.45, 2.75) is 135 Å². The number of phenols is 1. The van der Waals surface area contributed by atoms with Crippen LogP contribution in [0.25, 0.3) is 10.9 Å². The van der Waals surface area contributed by atoms with Gasteiger partial charge >= 0.3 is 0 Å². The predicted molar refractivity (Wildman–Crippen MR) is 317 cm³/mol. The van der Waals surface area contributed by atoms with Crippen molar-refractivity contribution >= 4 is 69.8 Å². The van der Waals surface area contributed by atoms with Gasteiger partial charge in [-0.05, 0) is 92.8 Å². The molecule has 28 heteroatoms. The monoisotopic (exact) mass is 1180 g/mol. The molecule has 16 N–H and O–H groups in total. The molecule has 1 saturated heterocycles. The van der Waals surface area contributed by atoms with Crippen LogP contribution in [0.2, 0.25) is 0 Å². The van der Waals surface area contributed by atoms with E-state index in [1.165, 1.54) is 38.6 Å². The summed E-state index contributed by atoms with van der Waals surface area (Å²) in [6.45, 7) is 9.69. The summed E-state index contributed by atoms with van der Waals surface area (Å²) in [4.78, 5) is 139. The maximum atomic E-state index is 14.5. The van der Waals surface area contributed by atoms with Gasteiger partial charge in [-0.1, -0.05) is 46.2 Å². The highest BCUT2D eigenvalue weighted by Gasteiger charge is 2.36. The smallest absolute Gasteiger partial charge is 0.262 e. The Morgan fingerprint density at radius 2 is 1.38 bits per heavy atom. The number of rotatable bonds is 32. The molecule has 28 nitrogen and oxygen atoms in total. The molecule has 0 spiro atoms. The molecule has 1 aliphatic heterocycles. The van der Waals surface area contributed by atoms with Crippen molar-refractivity contribution < 1.29 is 48.6 Å². The molecule has 0 radical (unpaired) electrons. The Morgan fingerprint density at radius 3 is 1.96 bits per heavy atom. The number of fused-ring (bicyclic) bond motifs is 1. The first-order valence-corrected chi connectivity index (χ1v) is 28.8. The van der Waals surface area contributed by atoms with Crippen molar-refractivity contribution in [2.75, 3.05) is 57.8 Å². The number of H-pyrrole nitrogens is 1. The highest BCUT2D eigenvalue weighted by atomic mass is 16.3. The van der Waals surface area contributed by atoms with Gasteiger partial charge in [0.25, 0.3) is 5.56 Å². The second-order valence-corrected chi connectivity index (χ2v) is 21.7. The number of phenolic OH excluding ortho intramolecular Hbond substituents is 1. The average molecular weight is 1180 g/mol. The van der Waals surface area contributed by atoms with Crippen LogP contribution in [-0.2, 0) is 51.2 Å². The van der Waals surface area contributed by atoms with E-state index in [-0.39, 0.29) is 98.0 Å². The van der Waals surface area contributed by atoms with E-state index in [1.54, 1.807) is 35.2 Å². The van der Waals surface area contributed by atoms with Crippen molar-refractivity contribution in [1.82, 2.24) is 67.0 Å². The standard InChI is InChI=1S/C57H85N17O11/c1-7-34(4)48(66-35(5)76)54(83)68-43(11-8-9-19-58)56(85)73-23-21-72(22-24-73)38-15-18-41-40(28-38)55(84)74(32-65-41)47(30-75)53(82)67-42(12-10-20-63-57(59)60)50(79)71-46(27-37-29-62-31-64-37)52(81)70-45(26-36-13-16-39(77)17-14-36)51(80)69-44(25-33(2)3)49(78)61-6/h13-18,28-29,31-34,42-48,75,77H,7-12,19-27,30,58H2,1-6H3,(H,61,78)(H,62,64)(H,66,76)(H,67,82)(H,68,83)(H,69,80)(H,70,81)(H,71,79)(H4,59,60,63)/t34-,42-,43-,44-,45-,46-,47?,48-/m0/s1. The predicted octanol–water partition coefficient (Wildman–Crippen LogP) is -1.35.